The lowest BCUT2D eigenvalue weighted by atomic mass is 9.86. The van der Waals surface area contributed by atoms with Crippen LogP contribution in [-0.2, 0) is 4.79 Å². The molecule has 94 valence electrons. The Morgan fingerprint density at radius 3 is 2.44 bits per heavy atom. The van der Waals surface area contributed by atoms with Crippen molar-refractivity contribution < 1.29 is 4.79 Å². The summed E-state index contributed by atoms with van der Waals surface area (Å²) in [4.78, 5) is 11.7. The molecule has 1 amide bonds. The summed E-state index contributed by atoms with van der Waals surface area (Å²) in [5, 5.41) is 3.10. The van der Waals surface area contributed by atoms with Crippen LogP contribution >= 0.6 is 0 Å². The number of rotatable bonds is 5. The lowest BCUT2D eigenvalue weighted by Gasteiger charge is -2.24. The van der Waals surface area contributed by atoms with Gasteiger partial charge in [-0.1, -0.05) is 46.5 Å². The summed E-state index contributed by atoms with van der Waals surface area (Å²) in [7, 11) is 0. The molecule has 0 heterocycles. The highest BCUT2D eigenvalue weighted by Gasteiger charge is 2.20. The summed E-state index contributed by atoms with van der Waals surface area (Å²) in [6, 6.07) is 0. The first-order valence-electron chi connectivity index (χ1n) is 6.80. The Hall–Kier alpha value is -0.530. The normalized spacial score (nSPS) is 18.4. The minimum absolute atomic E-state index is 0.149. The number of hydrogen-bond donors (Lipinski definition) is 1. The van der Waals surface area contributed by atoms with E-state index in [1.807, 2.05) is 0 Å². The molecule has 1 saturated carbocycles. The maximum absolute atomic E-state index is 11.7. The topological polar surface area (TPSA) is 29.1 Å². The quantitative estimate of drug-likeness (QED) is 0.762. The summed E-state index contributed by atoms with van der Waals surface area (Å²) < 4.78 is 0. The van der Waals surface area contributed by atoms with Crippen molar-refractivity contribution in [2.45, 2.75) is 65.7 Å². The Morgan fingerprint density at radius 1 is 1.25 bits per heavy atom. The first-order chi connectivity index (χ1) is 7.53. The van der Waals surface area contributed by atoms with Crippen molar-refractivity contribution in [2.24, 2.45) is 11.3 Å². The van der Waals surface area contributed by atoms with E-state index >= 15 is 0 Å². The predicted octanol–water partition coefficient (Wildman–Crippen LogP) is 3.51. The van der Waals surface area contributed by atoms with Crippen molar-refractivity contribution in [1.82, 2.24) is 5.32 Å². The maximum atomic E-state index is 11.7. The zero-order valence-electron chi connectivity index (χ0n) is 11.1. The van der Waals surface area contributed by atoms with Gasteiger partial charge in [0.15, 0.2) is 0 Å². The van der Waals surface area contributed by atoms with Gasteiger partial charge in [0.2, 0.25) is 5.91 Å². The van der Waals surface area contributed by atoms with E-state index in [1.54, 1.807) is 0 Å². The van der Waals surface area contributed by atoms with Crippen LogP contribution in [0.4, 0.5) is 0 Å². The zero-order chi connectivity index (χ0) is 12.0. The Labute approximate surface area is 100 Å². The van der Waals surface area contributed by atoms with Gasteiger partial charge >= 0.3 is 0 Å². The number of nitrogens with one attached hydrogen (secondary N) is 1. The molecule has 0 radical (unpaired) electrons. The predicted molar refractivity (Wildman–Crippen MR) is 68.3 cm³/mol. The monoisotopic (exact) mass is 225 g/mol. The van der Waals surface area contributed by atoms with E-state index in [0.29, 0.717) is 6.42 Å². The van der Waals surface area contributed by atoms with Gasteiger partial charge in [0.25, 0.3) is 0 Å². The second-order valence-electron chi connectivity index (χ2n) is 6.00. The first-order valence-corrected chi connectivity index (χ1v) is 6.80. The van der Waals surface area contributed by atoms with Gasteiger partial charge in [-0.15, -0.1) is 0 Å². The van der Waals surface area contributed by atoms with E-state index in [2.05, 4.69) is 26.1 Å². The molecule has 0 spiro atoms. The van der Waals surface area contributed by atoms with Gasteiger partial charge in [0, 0.05) is 13.0 Å². The highest BCUT2D eigenvalue weighted by Crippen LogP contribution is 2.25. The van der Waals surface area contributed by atoms with Crippen LogP contribution in [0, 0.1) is 11.3 Å². The Balaban J connectivity index is 2.19. The van der Waals surface area contributed by atoms with Crippen molar-refractivity contribution in [3.8, 4) is 0 Å². The van der Waals surface area contributed by atoms with E-state index in [0.717, 1.165) is 18.9 Å². The molecule has 1 aliphatic carbocycles. The Bertz CT molecular complexity index is 217. The lowest BCUT2D eigenvalue weighted by molar-refractivity contribution is -0.123. The molecule has 0 aliphatic heterocycles. The van der Waals surface area contributed by atoms with Gasteiger partial charge in [-0.3, -0.25) is 4.79 Å². The molecule has 16 heavy (non-hydrogen) atoms. The molecule has 0 atom stereocenters. The molecular weight excluding hydrogens is 198 g/mol. The molecule has 0 aromatic carbocycles. The highest BCUT2D eigenvalue weighted by molar-refractivity contribution is 5.76. The van der Waals surface area contributed by atoms with Crippen LogP contribution in [0.3, 0.4) is 0 Å². The molecule has 1 aliphatic rings. The fraction of sp³-hybridized carbons (Fsp3) is 0.929. The summed E-state index contributed by atoms with van der Waals surface area (Å²) in [5.74, 6) is 0.972. The summed E-state index contributed by atoms with van der Waals surface area (Å²) in [6.45, 7) is 7.37. The van der Waals surface area contributed by atoms with Gasteiger partial charge in [-0.2, -0.15) is 0 Å². The molecule has 2 nitrogen and oxygen atoms in total. The molecule has 0 saturated heterocycles. The molecule has 0 aromatic rings. The average molecular weight is 225 g/mol. The average Bonchev–Trinajstić information content (AvgIpc) is 2.27. The molecule has 1 rings (SSSR count). The minimum Gasteiger partial charge on any atom is -0.356 e. The lowest BCUT2D eigenvalue weighted by Crippen LogP contribution is -2.33. The standard InChI is InChI=1S/C14H27NO/c1-4-14(2,3)10-13(16)15-11-12-8-6-5-7-9-12/h12H,4-11H2,1-3H3,(H,15,16). The highest BCUT2D eigenvalue weighted by atomic mass is 16.1. The van der Waals surface area contributed by atoms with E-state index in [9.17, 15) is 4.79 Å². The van der Waals surface area contributed by atoms with Gasteiger partial charge in [0.1, 0.15) is 0 Å². The molecule has 0 unspecified atom stereocenters. The van der Waals surface area contributed by atoms with Crippen molar-refractivity contribution in [3.05, 3.63) is 0 Å². The van der Waals surface area contributed by atoms with Crippen LogP contribution in [-0.4, -0.2) is 12.5 Å². The summed E-state index contributed by atoms with van der Waals surface area (Å²) in [5.41, 5.74) is 0.149. The first kappa shape index (κ1) is 13.5. The second kappa shape index (κ2) is 6.27. The van der Waals surface area contributed by atoms with Crippen molar-refractivity contribution in [1.29, 1.82) is 0 Å². The molecule has 2 heteroatoms. The van der Waals surface area contributed by atoms with Gasteiger partial charge in [-0.25, -0.2) is 0 Å². The van der Waals surface area contributed by atoms with Gasteiger partial charge in [0.05, 0.1) is 0 Å². The van der Waals surface area contributed by atoms with Gasteiger partial charge < -0.3 is 5.32 Å². The van der Waals surface area contributed by atoms with Crippen LogP contribution in [0.25, 0.3) is 0 Å². The Kier molecular flexibility index (Phi) is 5.30. The number of amides is 1. The summed E-state index contributed by atoms with van der Waals surface area (Å²) in [6.07, 6.45) is 8.41. The SMILES string of the molecule is CCC(C)(C)CC(=O)NCC1CCCCC1. The van der Waals surface area contributed by atoms with Crippen LogP contribution < -0.4 is 5.32 Å². The fourth-order valence-electron chi connectivity index (χ4n) is 2.27. The van der Waals surface area contributed by atoms with Crippen LogP contribution in [0.15, 0.2) is 0 Å². The summed E-state index contributed by atoms with van der Waals surface area (Å²) >= 11 is 0. The molecule has 0 bridgehead atoms. The largest absolute Gasteiger partial charge is 0.356 e. The Morgan fingerprint density at radius 2 is 1.88 bits per heavy atom. The third-order valence-electron chi connectivity index (χ3n) is 3.91. The number of hydrogen-bond acceptors (Lipinski definition) is 1. The maximum Gasteiger partial charge on any atom is 0.220 e. The van der Waals surface area contributed by atoms with Crippen LogP contribution in [0.1, 0.15) is 65.7 Å². The molecule has 1 fully saturated rings. The third-order valence-corrected chi connectivity index (χ3v) is 3.91. The van der Waals surface area contributed by atoms with Gasteiger partial charge in [-0.05, 0) is 24.2 Å². The van der Waals surface area contributed by atoms with E-state index in [-0.39, 0.29) is 11.3 Å². The third kappa shape index (κ3) is 5.00. The fourth-order valence-corrected chi connectivity index (χ4v) is 2.27. The minimum atomic E-state index is 0.149. The van der Waals surface area contributed by atoms with Crippen LogP contribution in [0.5, 0.6) is 0 Å². The second-order valence-corrected chi connectivity index (χ2v) is 6.00. The zero-order valence-corrected chi connectivity index (χ0v) is 11.1. The van der Waals surface area contributed by atoms with Crippen molar-refractivity contribution >= 4 is 5.91 Å². The van der Waals surface area contributed by atoms with E-state index < -0.39 is 0 Å². The van der Waals surface area contributed by atoms with Crippen molar-refractivity contribution in [3.63, 3.8) is 0 Å². The molecule has 0 aromatic heterocycles. The molecular formula is C14H27NO. The van der Waals surface area contributed by atoms with E-state index in [4.69, 9.17) is 0 Å². The van der Waals surface area contributed by atoms with E-state index in [1.165, 1.54) is 32.1 Å². The number of carbonyl (C=O) groups excluding carboxylic acids is 1. The van der Waals surface area contributed by atoms with Crippen molar-refractivity contribution in [2.75, 3.05) is 6.54 Å². The number of carbonyl (C=O) groups is 1. The molecule has 1 N–H and O–H groups in total. The smallest absolute Gasteiger partial charge is 0.220 e. The van der Waals surface area contributed by atoms with Crippen LogP contribution in [0.2, 0.25) is 0 Å².